The molecule has 0 aromatic heterocycles. The normalized spacial score (nSPS) is 19.4. The van der Waals surface area contributed by atoms with Crippen LogP contribution in [0.15, 0.2) is 60.7 Å². The van der Waals surface area contributed by atoms with Crippen LogP contribution in [0.2, 0.25) is 0 Å². The van der Waals surface area contributed by atoms with E-state index in [1.165, 1.54) is 0 Å². The van der Waals surface area contributed by atoms with Gasteiger partial charge in [0.15, 0.2) is 0 Å². The van der Waals surface area contributed by atoms with Gasteiger partial charge in [0.25, 0.3) is 0 Å². The van der Waals surface area contributed by atoms with Gasteiger partial charge in [-0.15, -0.1) is 0 Å². The number of nitrogens with one attached hydrogen (secondary N) is 2. The van der Waals surface area contributed by atoms with E-state index in [1.807, 2.05) is 74.5 Å². The topological polar surface area (TPSA) is 114 Å². The molecule has 4 N–H and O–H groups in total. The Labute approximate surface area is 219 Å². The Bertz CT molecular complexity index is 989. The van der Waals surface area contributed by atoms with Crippen molar-refractivity contribution in [1.29, 1.82) is 0 Å². The number of carbonyl (C=O) groups is 3. The molecule has 37 heavy (non-hydrogen) atoms. The fourth-order valence-electron chi connectivity index (χ4n) is 4.85. The maximum Gasteiger partial charge on any atom is 0.245 e. The lowest BCUT2D eigenvalue weighted by Crippen LogP contribution is -2.60. The lowest BCUT2D eigenvalue weighted by molar-refractivity contribution is -0.147. The van der Waals surface area contributed by atoms with Crippen LogP contribution in [-0.2, 0) is 19.1 Å². The third-order valence-corrected chi connectivity index (χ3v) is 6.91. The summed E-state index contributed by atoms with van der Waals surface area (Å²) in [5.74, 6) is -0.917. The third-order valence-electron chi connectivity index (χ3n) is 6.91. The lowest BCUT2D eigenvalue weighted by atomic mass is 9.92. The molecule has 8 nitrogen and oxygen atoms in total. The van der Waals surface area contributed by atoms with Gasteiger partial charge in [0.1, 0.15) is 6.04 Å². The van der Waals surface area contributed by atoms with Gasteiger partial charge < -0.3 is 26.0 Å². The van der Waals surface area contributed by atoms with E-state index in [0.717, 1.165) is 24.0 Å². The Balaban J connectivity index is 1.82. The second-order valence-corrected chi connectivity index (χ2v) is 10.1. The van der Waals surface area contributed by atoms with Gasteiger partial charge in [0.2, 0.25) is 17.7 Å². The SMILES string of the molecule is CO[C@H]1CCCN(C(=O)[C@H](NC(=O)[C@@H](C)N)C(C)C)[C@H]1CC(=O)NC(c1ccccc1)c1ccccc1. The molecule has 0 bridgehead atoms. The number of ether oxygens (including phenoxy) is 1. The largest absolute Gasteiger partial charge is 0.379 e. The quantitative estimate of drug-likeness (QED) is 0.457. The molecular weight excluding hydrogens is 468 g/mol. The van der Waals surface area contributed by atoms with E-state index >= 15 is 0 Å². The molecule has 1 fully saturated rings. The number of hydrogen-bond acceptors (Lipinski definition) is 5. The van der Waals surface area contributed by atoms with Crippen LogP contribution < -0.4 is 16.4 Å². The number of rotatable bonds is 10. The molecule has 0 saturated carbocycles. The molecule has 0 aliphatic carbocycles. The highest BCUT2D eigenvalue weighted by Crippen LogP contribution is 2.26. The second-order valence-electron chi connectivity index (χ2n) is 10.1. The van der Waals surface area contributed by atoms with Crippen molar-refractivity contribution < 1.29 is 19.1 Å². The summed E-state index contributed by atoms with van der Waals surface area (Å²) in [5, 5.41) is 5.98. The summed E-state index contributed by atoms with van der Waals surface area (Å²) < 4.78 is 5.74. The summed E-state index contributed by atoms with van der Waals surface area (Å²) in [5.41, 5.74) is 7.68. The minimum Gasteiger partial charge on any atom is -0.379 e. The fraction of sp³-hybridized carbons (Fsp3) is 0.483. The van der Waals surface area contributed by atoms with E-state index in [9.17, 15) is 14.4 Å². The van der Waals surface area contributed by atoms with Crippen molar-refractivity contribution in [3.8, 4) is 0 Å². The Morgan fingerprint density at radius 1 is 0.973 bits per heavy atom. The van der Waals surface area contributed by atoms with Crippen LogP contribution >= 0.6 is 0 Å². The predicted octanol–water partition coefficient (Wildman–Crippen LogP) is 2.78. The van der Waals surface area contributed by atoms with Crippen molar-refractivity contribution in [3.63, 3.8) is 0 Å². The number of carbonyl (C=O) groups excluding carboxylic acids is 3. The number of methoxy groups -OCH3 is 1. The second kappa shape index (κ2) is 13.4. The van der Waals surface area contributed by atoms with Crippen molar-refractivity contribution in [1.82, 2.24) is 15.5 Å². The van der Waals surface area contributed by atoms with Crippen LogP contribution in [0.25, 0.3) is 0 Å². The summed E-state index contributed by atoms with van der Waals surface area (Å²) in [6, 6.07) is 17.4. The first kappa shape index (κ1) is 28.3. The highest BCUT2D eigenvalue weighted by molar-refractivity contribution is 5.90. The van der Waals surface area contributed by atoms with Gasteiger partial charge in [0, 0.05) is 20.1 Å². The van der Waals surface area contributed by atoms with E-state index < -0.39 is 18.1 Å². The minimum atomic E-state index is -0.735. The smallest absolute Gasteiger partial charge is 0.245 e. The standard InChI is InChI=1S/C29H40N4O4/c1-19(2)26(32-28(35)20(3)30)29(36)33-17-11-16-24(37-4)23(33)18-25(34)31-27(21-12-7-5-8-13-21)22-14-9-6-10-15-22/h5-10,12-15,19-20,23-24,26-27H,11,16-18,30H2,1-4H3,(H,31,34)(H,32,35)/t20-,23+,24+,26-/m1/s1. The molecule has 3 amide bonds. The zero-order valence-corrected chi connectivity index (χ0v) is 22.2. The average molecular weight is 509 g/mol. The molecule has 2 aromatic rings. The van der Waals surface area contributed by atoms with Gasteiger partial charge in [-0.1, -0.05) is 74.5 Å². The molecular formula is C29H40N4O4. The zero-order chi connectivity index (χ0) is 26.9. The molecule has 1 aliphatic heterocycles. The van der Waals surface area contributed by atoms with Gasteiger partial charge in [-0.05, 0) is 36.8 Å². The number of likely N-dealkylation sites (tertiary alicyclic amines) is 1. The summed E-state index contributed by atoms with van der Waals surface area (Å²) in [4.78, 5) is 41.2. The van der Waals surface area contributed by atoms with Crippen molar-refractivity contribution in [2.45, 2.75) is 70.3 Å². The van der Waals surface area contributed by atoms with Crippen molar-refractivity contribution in [2.75, 3.05) is 13.7 Å². The lowest BCUT2D eigenvalue weighted by Gasteiger charge is -2.42. The van der Waals surface area contributed by atoms with Crippen LogP contribution in [0.3, 0.4) is 0 Å². The molecule has 0 spiro atoms. The first-order valence-corrected chi connectivity index (χ1v) is 13.0. The van der Waals surface area contributed by atoms with Crippen molar-refractivity contribution >= 4 is 17.7 Å². The molecule has 1 saturated heterocycles. The number of benzene rings is 2. The molecule has 3 rings (SSSR count). The maximum absolute atomic E-state index is 13.7. The van der Waals surface area contributed by atoms with Crippen LogP contribution in [0.1, 0.15) is 57.2 Å². The third kappa shape index (κ3) is 7.40. The number of piperidine rings is 1. The molecule has 0 unspecified atom stereocenters. The summed E-state index contributed by atoms with van der Waals surface area (Å²) in [6.07, 6.45) is 1.31. The highest BCUT2D eigenvalue weighted by Gasteiger charge is 2.40. The highest BCUT2D eigenvalue weighted by atomic mass is 16.5. The van der Waals surface area contributed by atoms with E-state index in [2.05, 4.69) is 10.6 Å². The minimum absolute atomic E-state index is 0.0897. The molecule has 1 heterocycles. The first-order chi connectivity index (χ1) is 17.7. The molecule has 4 atom stereocenters. The Morgan fingerprint density at radius 2 is 1.54 bits per heavy atom. The van der Waals surface area contributed by atoms with Crippen LogP contribution in [-0.4, -0.2) is 60.5 Å². The Hall–Kier alpha value is -3.23. The predicted molar refractivity (Wildman–Crippen MR) is 143 cm³/mol. The summed E-state index contributed by atoms with van der Waals surface area (Å²) >= 11 is 0. The van der Waals surface area contributed by atoms with E-state index in [0.29, 0.717) is 6.54 Å². The van der Waals surface area contributed by atoms with E-state index in [-0.39, 0.29) is 42.2 Å². The number of amides is 3. The number of nitrogens with two attached hydrogens (primary N) is 1. The van der Waals surface area contributed by atoms with E-state index in [1.54, 1.807) is 18.9 Å². The maximum atomic E-state index is 13.7. The van der Waals surface area contributed by atoms with Gasteiger partial charge in [-0.25, -0.2) is 0 Å². The van der Waals surface area contributed by atoms with Crippen LogP contribution in [0, 0.1) is 5.92 Å². The molecule has 0 radical (unpaired) electrons. The van der Waals surface area contributed by atoms with Gasteiger partial charge in [0.05, 0.1) is 24.2 Å². The summed E-state index contributed by atoms with van der Waals surface area (Å²) in [6.45, 7) is 5.85. The molecule has 200 valence electrons. The van der Waals surface area contributed by atoms with Gasteiger partial charge in [-0.3, -0.25) is 14.4 Å². The number of nitrogens with zero attached hydrogens (tertiary/aromatic N) is 1. The summed E-state index contributed by atoms with van der Waals surface area (Å²) in [7, 11) is 1.61. The number of hydrogen-bond donors (Lipinski definition) is 3. The van der Waals surface area contributed by atoms with Crippen molar-refractivity contribution in [2.24, 2.45) is 11.7 Å². The fourth-order valence-corrected chi connectivity index (χ4v) is 4.85. The van der Waals surface area contributed by atoms with Gasteiger partial charge >= 0.3 is 0 Å². The molecule has 8 heteroatoms. The average Bonchev–Trinajstić information content (AvgIpc) is 2.90. The molecule has 1 aliphatic rings. The first-order valence-electron chi connectivity index (χ1n) is 13.0. The zero-order valence-electron chi connectivity index (χ0n) is 22.2. The molecule has 2 aromatic carbocycles. The Morgan fingerprint density at radius 3 is 2.03 bits per heavy atom. The van der Waals surface area contributed by atoms with E-state index in [4.69, 9.17) is 10.5 Å². The Kier molecular flexibility index (Phi) is 10.2. The van der Waals surface area contributed by atoms with Gasteiger partial charge in [-0.2, -0.15) is 0 Å². The van der Waals surface area contributed by atoms with Crippen molar-refractivity contribution in [3.05, 3.63) is 71.8 Å². The van der Waals surface area contributed by atoms with Crippen LogP contribution in [0.5, 0.6) is 0 Å². The monoisotopic (exact) mass is 508 g/mol. The van der Waals surface area contributed by atoms with Crippen LogP contribution in [0.4, 0.5) is 0 Å².